The van der Waals surface area contributed by atoms with E-state index in [1.54, 1.807) is 0 Å². The summed E-state index contributed by atoms with van der Waals surface area (Å²) in [7, 11) is 0. The molecule has 0 spiro atoms. The van der Waals surface area contributed by atoms with E-state index in [0.717, 1.165) is 12.8 Å². The predicted molar refractivity (Wildman–Crippen MR) is 61.1 cm³/mol. The maximum atomic E-state index is 12.0. The number of rotatable bonds is 2. The molecule has 1 aliphatic heterocycles. The Kier molecular flexibility index (Phi) is 3.66. The fraction of sp³-hybridized carbons (Fsp3) is 0.909. The Morgan fingerprint density at radius 3 is 2.88 bits per heavy atom. The van der Waals surface area contributed by atoms with Gasteiger partial charge < -0.3 is 20.7 Å². The van der Waals surface area contributed by atoms with Crippen LogP contribution in [0.25, 0.3) is 0 Å². The first-order chi connectivity index (χ1) is 7.70. The van der Waals surface area contributed by atoms with E-state index in [2.05, 4.69) is 5.32 Å². The minimum absolute atomic E-state index is 0.0108. The van der Waals surface area contributed by atoms with Crippen LogP contribution in [0.15, 0.2) is 0 Å². The fourth-order valence-corrected chi connectivity index (χ4v) is 2.05. The molecule has 1 heterocycles. The molecule has 2 unspecified atom stereocenters. The smallest absolute Gasteiger partial charge is 0.318 e. The van der Waals surface area contributed by atoms with Gasteiger partial charge in [0.05, 0.1) is 25.3 Å². The van der Waals surface area contributed by atoms with Crippen LogP contribution in [0.3, 0.4) is 0 Å². The molecule has 0 radical (unpaired) electrons. The Balaban J connectivity index is 1.86. The molecule has 0 aromatic carbocycles. The fourth-order valence-electron chi connectivity index (χ4n) is 2.05. The molecule has 2 rings (SSSR count). The normalized spacial score (nSPS) is 31.0. The van der Waals surface area contributed by atoms with Crippen LogP contribution in [0, 0.1) is 0 Å². The molecule has 2 aliphatic rings. The highest BCUT2D eigenvalue weighted by Crippen LogP contribution is 2.19. The SMILES string of the molecule is CC1COC(CN)CN1C(=O)NC1CCC1. The summed E-state index contributed by atoms with van der Waals surface area (Å²) in [5.41, 5.74) is 5.57. The van der Waals surface area contributed by atoms with E-state index in [-0.39, 0.29) is 18.2 Å². The number of nitrogens with two attached hydrogens (primary N) is 1. The van der Waals surface area contributed by atoms with Crippen molar-refractivity contribution in [2.24, 2.45) is 5.73 Å². The highest BCUT2D eigenvalue weighted by Gasteiger charge is 2.30. The summed E-state index contributed by atoms with van der Waals surface area (Å²) < 4.78 is 5.52. The van der Waals surface area contributed by atoms with E-state index in [1.807, 2.05) is 11.8 Å². The number of carbonyl (C=O) groups is 1. The van der Waals surface area contributed by atoms with Gasteiger partial charge >= 0.3 is 6.03 Å². The molecule has 1 saturated carbocycles. The first-order valence-electron chi connectivity index (χ1n) is 6.09. The Bertz CT molecular complexity index is 256. The third kappa shape index (κ3) is 2.47. The molecule has 1 aliphatic carbocycles. The zero-order valence-corrected chi connectivity index (χ0v) is 9.82. The molecule has 0 aromatic rings. The second kappa shape index (κ2) is 5.01. The van der Waals surface area contributed by atoms with Crippen LogP contribution >= 0.6 is 0 Å². The largest absolute Gasteiger partial charge is 0.373 e. The van der Waals surface area contributed by atoms with Crippen LogP contribution in [0.4, 0.5) is 4.79 Å². The van der Waals surface area contributed by atoms with Gasteiger partial charge in [-0.05, 0) is 26.2 Å². The second-order valence-corrected chi connectivity index (χ2v) is 4.77. The number of urea groups is 1. The van der Waals surface area contributed by atoms with Gasteiger partial charge in [-0.25, -0.2) is 4.79 Å². The predicted octanol–water partition coefficient (Wildman–Crippen LogP) is 0.297. The van der Waals surface area contributed by atoms with Gasteiger partial charge in [0.25, 0.3) is 0 Å². The van der Waals surface area contributed by atoms with Crippen molar-refractivity contribution in [2.45, 2.75) is 44.4 Å². The van der Waals surface area contributed by atoms with E-state index in [9.17, 15) is 4.79 Å². The van der Waals surface area contributed by atoms with E-state index in [4.69, 9.17) is 10.5 Å². The van der Waals surface area contributed by atoms with Gasteiger partial charge in [-0.1, -0.05) is 0 Å². The number of ether oxygens (including phenoxy) is 1. The van der Waals surface area contributed by atoms with Crippen LogP contribution in [-0.4, -0.2) is 48.8 Å². The van der Waals surface area contributed by atoms with Crippen molar-refractivity contribution in [3.05, 3.63) is 0 Å². The molecule has 92 valence electrons. The number of nitrogens with zero attached hydrogens (tertiary/aromatic N) is 1. The summed E-state index contributed by atoms with van der Waals surface area (Å²) in [6.45, 7) is 3.67. The third-order valence-corrected chi connectivity index (χ3v) is 3.46. The van der Waals surface area contributed by atoms with Crippen molar-refractivity contribution in [3.8, 4) is 0 Å². The van der Waals surface area contributed by atoms with Crippen LogP contribution in [0.1, 0.15) is 26.2 Å². The zero-order valence-electron chi connectivity index (χ0n) is 9.82. The van der Waals surface area contributed by atoms with Crippen LogP contribution in [-0.2, 0) is 4.74 Å². The molecule has 2 atom stereocenters. The summed E-state index contributed by atoms with van der Waals surface area (Å²) in [6, 6.07) is 0.570. The first kappa shape index (κ1) is 11.7. The maximum Gasteiger partial charge on any atom is 0.318 e. The van der Waals surface area contributed by atoms with Crippen molar-refractivity contribution in [1.29, 1.82) is 0 Å². The summed E-state index contributed by atoms with van der Waals surface area (Å²) in [6.07, 6.45) is 3.45. The average molecular weight is 227 g/mol. The van der Waals surface area contributed by atoms with Gasteiger partial charge in [-0.15, -0.1) is 0 Å². The topological polar surface area (TPSA) is 67.6 Å². The molecule has 1 saturated heterocycles. The quantitative estimate of drug-likeness (QED) is 0.713. The summed E-state index contributed by atoms with van der Waals surface area (Å²) in [4.78, 5) is 13.8. The Morgan fingerprint density at radius 2 is 2.31 bits per heavy atom. The average Bonchev–Trinajstić information content (AvgIpc) is 2.24. The molecule has 16 heavy (non-hydrogen) atoms. The number of hydrogen-bond donors (Lipinski definition) is 2. The summed E-state index contributed by atoms with van der Waals surface area (Å²) in [5.74, 6) is 0. The molecular weight excluding hydrogens is 206 g/mol. The van der Waals surface area contributed by atoms with Gasteiger partial charge in [-0.2, -0.15) is 0 Å². The maximum absolute atomic E-state index is 12.0. The number of nitrogens with one attached hydrogen (secondary N) is 1. The van der Waals surface area contributed by atoms with Crippen molar-refractivity contribution < 1.29 is 9.53 Å². The molecular formula is C11H21N3O2. The van der Waals surface area contributed by atoms with Crippen molar-refractivity contribution in [2.75, 3.05) is 19.7 Å². The van der Waals surface area contributed by atoms with E-state index in [0.29, 0.717) is 25.7 Å². The van der Waals surface area contributed by atoms with Gasteiger partial charge in [0.1, 0.15) is 0 Å². The Morgan fingerprint density at radius 1 is 1.56 bits per heavy atom. The first-order valence-corrected chi connectivity index (χ1v) is 6.09. The monoisotopic (exact) mass is 227 g/mol. The number of amides is 2. The lowest BCUT2D eigenvalue weighted by Crippen LogP contribution is -2.57. The van der Waals surface area contributed by atoms with E-state index >= 15 is 0 Å². The lowest BCUT2D eigenvalue weighted by Gasteiger charge is -2.39. The van der Waals surface area contributed by atoms with Crippen molar-refractivity contribution in [1.82, 2.24) is 10.2 Å². The van der Waals surface area contributed by atoms with Gasteiger partial charge in [0.2, 0.25) is 0 Å². The number of hydrogen-bond acceptors (Lipinski definition) is 3. The van der Waals surface area contributed by atoms with Gasteiger partial charge in [0, 0.05) is 12.6 Å². The number of morpholine rings is 1. The number of carbonyl (C=O) groups excluding carboxylic acids is 1. The highest BCUT2D eigenvalue weighted by molar-refractivity contribution is 5.75. The lowest BCUT2D eigenvalue weighted by atomic mass is 9.93. The second-order valence-electron chi connectivity index (χ2n) is 4.77. The highest BCUT2D eigenvalue weighted by atomic mass is 16.5. The summed E-state index contributed by atoms with van der Waals surface area (Å²) >= 11 is 0. The van der Waals surface area contributed by atoms with Crippen LogP contribution in [0.2, 0.25) is 0 Å². The van der Waals surface area contributed by atoms with Crippen molar-refractivity contribution >= 4 is 6.03 Å². The van der Waals surface area contributed by atoms with Crippen molar-refractivity contribution in [3.63, 3.8) is 0 Å². The minimum atomic E-state index is -0.0108. The molecule has 0 aromatic heterocycles. The molecule has 2 amide bonds. The third-order valence-electron chi connectivity index (χ3n) is 3.46. The van der Waals surface area contributed by atoms with Crippen LogP contribution < -0.4 is 11.1 Å². The zero-order chi connectivity index (χ0) is 11.5. The van der Waals surface area contributed by atoms with Crippen LogP contribution in [0.5, 0.6) is 0 Å². The standard InChI is InChI=1S/C11H21N3O2/c1-8-7-16-10(5-12)6-14(8)11(15)13-9-3-2-4-9/h8-10H,2-7,12H2,1H3,(H,13,15). The molecule has 2 fully saturated rings. The van der Waals surface area contributed by atoms with Gasteiger partial charge in [0.15, 0.2) is 0 Å². The Labute approximate surface area is 96.3 Å². The van der Waals surface area contributed by atoms with Gasteiger partial charge in [-0.3, -0.25) is 0 Å². The summed E-state index contributed by atoms with van der Waals surface area (Å²) in [5, 5.41) is 3.05. The minimum Gasteiger partial charge on any atom is -0.373 e. The van der Waals surface area contributed by atoms with E-state index in [1.165, 1.54) is 6.42 Å². The molecule has 3 N–H and O–H groups in total. The Hall–Kier alpha value is -0.810. The molecule has 0 bridgehead atoms. The molecule has 5 heteroatoms. The lowest BCUT2D eigenvalue weighted by molar-refractivity contribution is -0.0368. The molecule has 5 nitrogen and oxygen atoms in total. The van der Waals surface area contributed by atoms with E-state index < -0.39 is 0 Å².